The Morgan fingerprint density at radius 3 is 2.64 bits per heavy atom. The van der Waals surface area contributed by atoms with Gasteiger partial charge in [0.1, 0.15) is 17.2 Å². The van der Waals surface area contributed by atoms with Gasteiger partial charge < -0.3 is 0 Å². The lowest BCUT2D eigenvalue weighted by Crippen LogP contribution is -2.03. The summed E-state index contributed by atoms with van der Waals surface area (Å²) in [6, 6.07) is 0.633. The standard InChI is InChI=1S/C8H5BrF3NO/c9-2-4-5(10)1-6(8(11)12)13-7(4)3-14/h1,3,8H,2H2. The number of nitrogens with zero attached hydrogens (tertiary/aromatic N) is 1. The smallest absolute Gasteiger partial charge is 0.280 e. The molecule has 0 bridgehead atoms. The molecule has 0 aliphatic heterocycles. The quantitative estimate of drug-likeness (QED) is 0.623. The fourth-order valence-electron chi connectivity index (χ4n) is 0.920. The Morgan fingerprint density at radius 2 is 2.21 bits per heavy atom. The Morgan fingerprint density at radius 1 is 1.57 bits per heavy atom. The van der Waals surface area contributed by atoms with E-state index in [0.29, 0.717) is 6.07 Å². The zero-order chi connectivity index (χ0) is 10.7. The van der Waals surface area contributed by atoms with Gasteiger partial charge >= 0.3 is 0 Å². The second-order valence-corrected chi connectivity index (χ2v) is 3.01. The highest BCUT2D eigenvalue weighted by atomic mass is 79.9. The van der Waals surface area contributed by atoms with Gasteiger partial charge in [-0.25, -0.2) is 18.2 Å². The van der Waals surface area contributed by atoms with Gasteiger partial charge in [-0.1, -0.05) is 15.9 Å². The summed E-state index contributed by atoms with van der Waals surface area (Å²) in [5.74, 6) is -0.853. The van der Waals surface area contributed by atoms with E-state index in [1.807, 2.05) is 0 Å². The summed E-state index contributed by atoms with van der Waals surface area (Å²) in [5.41, 5.74) is -1.03. The molecule has 0 saturated carbocycles. The lowest BCUT2D eigenvalue weighted by molar-refractivity contribution is 0.111. The van der Waals surface area contributed by atoms with Gasteiger partial charge in [-0.05, 0) is 0 Å². The van der Waals surface area contributed by atoms with Gasteiger partial charge in [0.05, 0.1) is 0 Å². The van der Waals surface area contributed by atoms with Gasteiger partial charge in [0.25, 0.3) is 6.43 Å². The number of carbonyl (C=O) groups is 1. The van der Waals surface area contributed by atoms with Crippen molar-refractivity contribution in [2.24, 2.45) is 0 Å². The van der Waals surface area contributed by atoms with Crippen molar-refractivity contribution in [2.45, 2.75) is 11.8 Å². The molecular weight excluding hydrogens is 263 g/mol. The highest BCUT2D eigenvalue weighted by molar-refractivity contribution is 9.08. The van der Waals surface area contributed by atoms with Gasteiger partial charge in [0.15, 0.2) is 6.29 Å². The van der Waals surface area contributed by atoms with Crippen LogP contribution < -0.4 is 0 Å². The topological polar surface area (TPSA) is 30.0 Å². The van der Waals surface area contributed by atoms with Crippen LogP contribution in [0.25, 0.3) is 0 Å². The second kappa shape index (κ2) is 4.54. The van der Waals surface area contributed by atoms with Crippen LogP contribution in [0.4, 0.5) is 13.2 Å². The van der Waals surface area contributed by atoms with E-state index in [4.69, 9.17) is 0 Å². The van der Waals surface area contributed by atoms with Crippen LogP contribution in [-0.4, -0.2) is 11.3 Å². The van der Waals surface area contributed by atoms with Crippen molar-refractivity contribution in [3.8, 4) is 0 Å². The fourth-order valence-corrected chi connectivity index (χ4v) is 1.47. The van der Waals surface area contributed by atoms with Crippen molar-refractivity contribution in [1.82, 2.24) is 4.98 Å². The van der Waals surface area contributed by atoms with E-state index in [2.05, 4.69) is 20.9 Å². The third-order valence-corrected chi connectivity index (χ3v) is 2.15. The molecule has 0 fully saturated rings. The normalized spacial score (nSPS) is 10.6. The fraction of sp³-hybridized carbons (Fsp3) is 0.250. The minimum absolute atomic E-state index is 0.00981. The van der Waals surface area contributed by atoms with Crippen LogP contribution in [0.3, 0.4) is 0 Å². The molecule has 0 N–H and O–H groups in total. The predicted molar refractivity (Wildman–Crippen MR) is 47.2 cm³/mol. The number of pyridine rings is 1. The molecule has 0 atom stereocenters. The average Bonchev–Trinajstić information content (AvgIpc) is 2.16. The molecule has 0 amide bonds. The van der Waals surface area contributed by atoms with Crippen LogP contribution in [0.2, 0.25) is 0 Å². The highest BCUT2D eigenvalue weighted by Crippen LogP contribution is 2.21. The Bertz CT molecular complexity index is 357. The van der Waals surface area contributed by atoms with Crippen molar-refractivity contribution < 1.29 is 18.0 Å². The number of rotatable bonds is 3. The maximum Gasteiger partial charge on any atom is 0.280 e. The largest absolute Gasteiger partial charge is 0.296 e. The van der Waals surface area contributed by atoms with E-state index in [-0.39, 0.29) is 22.9 Å². The maximum atomic E-state index is 13.1. The predicted octanol–water partition coefficient (Wildman–Crippen LogP) is 2.87. The summed E-state index contributed by atoms with van der Waals surface area (Å²) in [5, 5.41) is 0.0590. The molecule has 2 nitrogen and oxygen atoms in total. The number of carbonyl (C=O) groups excluding carboxylic acids is 1. The van der Waals surface area contributed by atoms with E-state index < -0.39 is 17.9 Å². The van der Waals surface area contributed by atoms with Crippen LogP contribution in [0.5, 0.6) is 0 Å². The molecule has 0 spiro atoms. The van der Waals surface area contributed by atoms with Crippen molar-refractivity contribution in [3.05, 3.63) is 28.8 Å². The first-order valence-corrected chi connectivity index (χ1v) is 4.71. The average molecular weight is 268 g/mol. The monoisotopic (exact) mass is 267 g/mol. The van der Waals surface area contributed by atoms with Crippen LogP contribution in [0.15, 0.2) is 6.07 Å². The number of halogens is 4. The molecule has 6 heteroatoms. The third-order valence-electron chi connectivity index (χ3n) is 1.59. The second-order valence-electron chi connectivity index (χ2n) is 2.44. The summed E-state index contributed by atoms with van der Waals surface area (Å²) in [6.45, 7) is 0. The van der Waals surface area contributed by atoms with Crippen LogP contribution in [0.1, 0.15) is 28.2 Å². The number of hydrogen-bond acceptors (Lipinski definition) is 2. The lowest BCUT2D eigenvalue weighted by atomic mass is 10.2. The summed E-state index contributed by atoms with van der Waals surface area (Å²) in [4.78, 5) is 13.8. The first-order chi connectivity index (χ1) is 6.60. The first kappa shape index (κ1) is 11.2. The number of hydrogen-bond donors (Lipinski definition) is 0. The number of alkyl halides is 3. The first-order valence-electron chi connectivity index (χ1n) is 3.58. The molecular formula is C8H5BrF3NO. The molecule has 0 aliphatic rings. The Balaban J connectivity index is 3.31. The Hall–Kier alpha value is -0.910. The van der Waals surface area contributed by atoms with Crippen LogP contribution in [-0.2, 0) is 5.33 Å². The van der Waals surface area contributed by atoms with Crippen molar-refractivity contribution in [3.63, 3.8) is 0 Å². The molecule has 1 heterocycles. The minimum Gasteiger partial charge on any atom is -0.296 e. The maximum absolute atomic E-state index is 13.1. The van der Waals surface area contributed by atoms with Gasteiger partial charge in [-0.3, -0.25) is 4.79 Å². The van der Waals surface area contributed by atoms with E-state index in [1.165, 1.54) is 0 Å². The molecule has 0 radical (unpaired) electrons. The van der Waals surface area contributed by atoms with E-state index in [9.17, 15) is 18.0 Å². The number of aromatic nitrogens is 1. The highest BCUT2D eigenvalue weighted by Gasteiger charge is 2.16. The molecule has 0 unspecified atom stereocenters. The SMILES string of the molecule is O=Cc1nc(C(F)F)cc(F)c1CBr. The summed E-state index contributed by atoms with van der Waals surface area (Å²) >= 11 is 2.94. The molecule has 0 aromatic carbocycles. The summed E-state index contributed by atoms with van der Waals surface area (Å²) < 4.78 is 37.4. The molecule has 76 valence electrons. The van der Waals surface area contributed by atoms with E-state index in [0.717, 1.165) is 0 Å². The molecule has 1 aromatic heterocycles. The Kier molecular flexibility index (Phi) is 3.62. The van der Waals surface area contributed by atoms with Gasteiger partial charge in [-0.2, -0.15) is 0 Å². The molecule has 0 aliphatic carbocycles. The number of aldehydes is 1. The summed E-state index contributed by atoms with van der Waals surface area (Å²) in [6.07, 6.45) is -2.63. The molecule has 1 aromatic rings. The van der Waals surface area contributed by atoms with Crippen molar-refractivity contribution >= 4 is 22.2 Å². The summed E-state index contributed by atoms with van der Waals surface area (Å²) in [7, 11) is 0. The Labute approximate surface area is 86.3 Å². The van der Waals surface area contributed by atoms with Crippen molar-refractivity contribution in [1.29, 1.82) is 0 Å². The molecule has 1 rings (SSSR count). The van der Waals surface area contributed by atoms with E-state index >= 15 is 0 Å². The van der Waals surface area contributed by atoms with Crippen LogP contribution in [0, 0.1) is 5.82 Å². The molecule has 14 heavy (non-hydrogen) atoms. The van der Waals surface area contributed by atoms with Gasteiger partial charge in [0, 0.05) is 17.0 Å². The van der Waals surface area contributed by atoms with E-state index in [1.54, 1.807) is 0 Å². The van der Waals surface area contributed by atoms with Crippen molar-refractivity contribution in [2.75, 3.05) is 0 Å². The lowest BCUT2D eigenvalue weighted by Gasteiger charge is -2.05. The zero-order valence-electron chi connectivity index (χ0n) is 6.81. The van der Waals surface area contributed by atoms with Gasteiger partial charge in [-0.15, -0.1) is 0 Å². The minimum atomic E-state index is -2.88. The van der Waals surface area contributed by atoms with Crippen LogP contribution >= 0.6 is 15.9 Å². The molecule has 0 saturated heterocycles. The van der Waals surface area contributed by atoms with Gasteiger partial charge in [0.2, 0.25) is 0 Å². The third kappa shape index (κ3) is 2.12. The zero-order valence-corrected chi connectivity index (χ0v) is 8.39.